The van der Waals surface area contributed by atoms with Crippen LogP contribution in [0.15, 0.2) is 18.3 Å². The Balaban J connectivity index is 1.91. The SMILES string of the molecule is CC(CN1CCCC(C)(O)CC1)C(N)c1ccc(F)cn1. The average molecular weight is 295 g/mol. The van der Waals surface area contributed by atoms with Gasteiger partial charge in [-0.1, -0.05) is 6.92 Å². The van der Waals surface area contributed by atoms with Crippen molar-refractivity contribution in [1.82, 2.24) is 9.88 Å². The molecule has 0 amide bonds. The second-order valence-corrected chi connectivity index (χ2v) is 6.56. The lowest BCUT2D eigenvalue weighted by atomic mass is 9.97. The molecule has 2 heterocycles. The molecule has 1 saturated heterocycles. The third-order valence-corrected chi connectivity index (χ3v) is 4.41. The topological polar surface area (TPSA) is 62.4 Å². The van der Waals surface area contributed by atoms with Crippen LogP contribution in [0.4, 0.5) is 4.39 Å². The highest BCUT2D eigenvalue weighted by Crippen LogP contribution is 2.24. The third-order valence-electron chi connectivity index (χ3n) is 4.41. The summed E-state index contributed by atoms with van der Waals surface area (Å²) in [6, 6.07) is 2.86. The fourth-order valence-electron chi connectivity index (χ4n) is 2.90. The van der Waals surface area contributed by atoms with Gasteiger partial charge in [-0.15, -0.1) is 0 Å². The molecule has 0 aliphatic carbocycles. The molecule has 0 radical (unpaired) electrons. The van der Waals surface area contributed by atoms with Crippen LogP contribution in [0.5, 0.6) is 0 Å². The van der Waals surface area contributed by atoms with E-state index in [1.165, 1.54) is 12.3 Å². The Morgan fingerprint density at radius 1 is 1.43 bits per heavy atom. The van der Waals surface area contributed by atoms with Gasteiger partial charge in [0.05, 0.1) is 23.5 Å². The first-order chi connectivity index (χ1) is 9.87. The van der Waals surface area contributed by atoms with E-state index in [4.69, 9.17) is 5.73 Å². The van der Waals surface area contributed by atoms with Gasteiger partial charge < -0.3 is 15.7 Å². The standard InChI is InChI=1S/C16H26FN3O/c1-12(15(18)14-5-4-13(17)10-19-14)11-20-8-3-6-16(2,21)7-9-20/h4-5,10,12,15,21H,3,6-9,11,18H2,1-2H3. The predicted molar refractivity (Wildman–Crippen MR) is 81.2 cm³/mol. The van der Waals surface area contributed by atoms with Crippen molar-refractivity contribution in [2.24, 2.45) is 11.7 Å². The zero-order valence-corrected chi connectivity index (χ0v) is 12.9. The van der Waals surface area contributed by atoms with Gasteiger partial charge >= 0.3 is 0 Å². The second-order valence-electron chi connectivity index (χ2n) is 6.56. The summed E-state index contributed by atoms with van der Waals surface area (Å²) in [5, 5.41) is 10.1. The summed E-state index contributed by atoms with van der Waals surface area (Å²) in [7, 11) is 0. The van der Waals surface area contributed by atoms with E-state index in [-0.39, 0.29) is 17.8 Å². The van der Waals surface area contributed by atoms with Crippen LogP contribution in [0.25, 0.3) is 0 Å². The number of hydrogen-bond acceptors (Lipinski definition) is 4. The number of nitrogens with two attached hydrogens (primary N) is 1. The average Bonchev–Trinajstić information content (AvgIpc) is 2.60. The number of rotatable bonds is 4. The van der Waals surface area contributed by atoms with Crippen molar-refractivity contribution < 1.29 is 9.50 Å². The molecule has 3 unspecified atom stereocenters. The summed E-state index contributed by atoms with van der Waals surface area (Å²) in [5.41, 5.74) is 6.42. The summed E-state index contributed by atoms with van der Waals surface area (Å²) >= 11 is 0. The molecule has 3 N–H and O–H groups in total. The zero-order valence-electron chi connectivity index (χ0n) is 12.9. The molecule has 21 heavy (non-hydrogen) atoms. The first-order valence-electron chi connectivity index (χ1n) is 7.69. The number of pyridine rings is 1. The van der Waals surface area contributed by atoms with Gasteiger partial charge in [-0.25, -0.2) is 4.39 Å². The molecule has 1 aromatic heterocycles. The molecule has 1 aliphatic heterocycles. The summed E-state index contributed by atoms with van der Waals surface area (Å²) in [5.74, 6) is -0.112. The van der Waals surface area contributed by atoms with Crippen LogP contribution in [0.2, 0.25) is 0 Å². The van der Waals surface area contributed by atoms with Crippen molar-refractivity contribution >= 4 is 0 Å². The van der Waals surface area contributed by atoms with E-state index in [1.54, 1.807) is 6.07 Å². The van der Waals surface area contributed by atoms with Gasteiger partial charge in [-0.2, -0.15) is 0 Å². The maximum atomic E-state index is 12.9. The minimum atomic E-state index is -0.543. The van der Waals surface area contributed by atoms with E-state index in [1.807, 2.05) is 6.92 Å². The van der Waals surface area contributed by atoms with Crippen LogP contribution in [0, 0.1) is 11.7 Å². The predicted octanol–water partition coefficient (Wildman–Crippen LogP) is 2.09. The van der Waals surface area contributed by atoms with E-state index < -0.39 is 5.60 Å². The monoisotopic (exact) mass is 295 g/mol. The Morgan fingerprint density at radius 3 is 2.86 bits per heavy atom. The van der Waals surface area contributed by atoms with Crippen molar-refractivity contribution in [1.29, 1.82) is 0 Å². The summed E-state index contributed by atoms with van der Waals surface area (Å²) < 4.78 is 12.9. The zero-order chi connectivity index (χ0) is 15.5. The molecule has 0 saturated carbocycles. The molecular formula is C16H26FN3O. The van der Waals surface area contributed by atoms with Crippen LogP contribution < -0.4 is 5.73 Å². The molecule has 118 valence electrons. The smallest absolute Gasteiger partial charge is 0.141 e. The van der Waals surface area contributed by atoms with Crippen LogP contribution in [-0.4, -0.2) is 40.2 Å². The van der Waals surface area contributed by atoms with Gasteiger partial charge in [-0.3, -0.25) is 4.98 Å². The highest BCUT2D eigenvalue weighted by atomic mass is 19.1. The molecule has 5 heteroatoms. The number of aliphatic hydroxyl groups is 1. The van der Waals surface area contributed by atoms with Crippen LogP contribution in [-0.2, 0) is 0 Å². The first kappa shape index (κ1) is 16.3. The van der Waals surface area contributed by atoms with Crippen LogP contribution in [0.3, 0.4) is 0 Å². The maximum Gasteiger partial charge on any atom is 0.141 e. The number of halogens is 1. The summed E-state index contributed by atoms with van der Waals surface area (Å²) in [4.78, 5) is 6.43. The van der Waals surface area contributed by atoms with Crippen molar-refractivity contribution in [2.75, 3.05) is 19.6 Å². The van der Waals surface area contributed by atoms with E-state index in [0.29, 0.717) is 0 Å². The fourth-order valence-corrected chi connectivity index (χ4v) is 2.90. The molecule has 0 spiro atoms. The quantitative estimate of drug-likeness (QED) is 0.893. The minimum Gasteiger partial charge on any atom is -0.390 e. The van der Waals surface area contributed by atoms with Gasteiger partial charge in [0.25, 0.3) is 0 Å². The van der Waals surface area contributed by atoms with Crippen molar-refractivity contribution in [3.05, 3.63) is 29.8 Å². The molecule has 3 atom stereocenters. The van der Waals surface area contributed by atoms with Gasteiger partial charge in [0, 0.05) is 13.1 Å². The fraction of sp³-hybridized carbons (Fsp3) is 0.688. The molecule has 1 aliphatic rings. The normalized spacial score (nSPS) is 27.1. The Labute approximate surface area is 126 Å². The van der Waals surface area contributed by atoms with E-state index in [9.17, 15) is 9.50 Å². The Hall–Kier alpha value is -1.04. The Bertz CT molecular complexity index is 449. The molecule has 1 aromatic rings. The molecule has 0 aromatic carbocycles. The number of hydrogen-bond donors (Lipinski definition) is 2. The molecule has 1 fully saturated rings. The number of aromatic nitrogens is 1. The number of nitrogens with zero attached hydrogens (tertiary/aromatic N) is 2. The molecule has 2 rings (SSSR count). The lowest BCUT2D eigenvalue weighted by Crippen LogP contribution is -2.35. The Kier molecular flexibility index (Phi) is 5.30. The molecule has 4 nitrogen and oxygen atoms in total. The Morgan fingerprint density at radius 2 is 2.19 bits per heavy atom. The minimum absolute atomic E-state index is 0.200. The summed E-state index contributed by atoms with van der Waals surface area (Å²) in [6.45, 7) is 6.76. The molecular weight excluding hydrogens is 269 g/mol. The maximum absolute atomic E-state index is 12.9. The van der Waals surface area contributed by atoms with E-state index in [2.05, 4.69) is 16.8 Å². The van der Waals surface area contributed by atoms with Gasteiger partial charge in [0.15, 0.2) is 0 Å². The molecule has 0 bridgehead atoms. The van der Waals surface area contributed by atoms with Gasteiger partial charge in [-0.05, 0) is 50.8 Å². The first-order valence-corrected chi connectivity index (χ1v) is 7.69. The van der Waals surface area contributed by atoms with Crippen molar-refractivity contribution in [3.63, 3.8) is 0 Å². The largest absolute Gasteiger partial charge is 0.390 e. The second kappa shape index (κ2) is 6.81. The number of likely N-dealkylation sites (tertiary alicyclic amines) is 1. The van der Waals surface area contributed by atoms with Gasteiger partial charge in [0.2, 0.25) is 0 Å². The van der Waals surface area contributed by atoms with Crippen molar-refractivity contribution in [3.8, 4) is 0 Å². The van der Waals surface area contributed by atoms with E-state index >= 15 is 0 Å². The lowest BCUT2D eigenvalue weighted by Gasteiger charge is -2.28. The lowest BCUT2D eigenvalue weighted by molar-refractivity contribution is 0.0441. The highest BCUT2D eigenvalue weighted by molar-refractivity contribution is 5.10. The highest BCUT2D eigenvalue weighted by Gasteiger charge is 2.26. The third kappa shape index (κ3) is 4.73. The van der Waals surface area contributed by atoms with Gasteiger partial charge in [0.1, 0.15) is 5.82 Å². The van der Waals surface area contributed by atoms with Crippen LogP contribution >= 0.6 is 0 Å². The van der Waals surface area contributed by atoms with Crippen LogP contribution in [0.1, 0.15) is 44.8 Å². The van der Waals surface area contributed by atoms with E-state index in [0.717, 1.165) is 44.6 Å². The summed E-state index contributed by atoms with van der Waals surface area (Å²) in [6.07, 6.45) is 3.86. The van der Waals surface area contributed by atoms with Crippen molar-refractivity contribution in [2.45, 2.75) is 44.8 Å².